The average Bonchev–Trinajstić information content (AvgIpc) is 2.97. The Balaban J connectivity index is 1.82. The maximum atomic E-state index is 13.0. The van der Waals surface area contributed by atoms with Crippen LogP contribution in [0.25, 0.3) is 0 Å². The zero-order valence-corrected chi connectivity index (χ0v) is 16.1. The Morgan fingerprint density at radius 1 is 1.19 bits per heavy atom. The van der Waals surface area contributed by atoms with E-state index in [-0.39, 0.29) is 11.8 Å². The van der Waals surface area contributed by atoms with Crippen molar-refractivity contribution in [2.24, 2.45) is 0 Å². The molecule has 0 spiro atoms. The minimum absolute atomic E-state index is 0.0315. The molecule has 3 rings (SSSR count). The fourth-order valence-corrected chi connectivity index (χ4v) is 3.46. The summed E-state index contributed by atoms with van der Waals surface area (Å²) in [6, 6.07) is 7.51. The van der Waals surface area contributed by atoms with Crippen LogP contribution in [0.1, 0.15) is 48.6 Å². The van der Waals surface area contributed by atoms with Crippen molar-refractivity contribution in [3.8, 4) is 0 Å². The highest BCUT2D eigenvalue weighted by molar-refractivity contribution is 5.80. The van der Waals surface area contributed by atoms with Gasteiger partial charge in [0, 0.05) is 19.5 Å². The summed E-state index contributed by atoms with van der Waals surface area (Å²) < 4.78 is 5.36. The number of aryl methyl sites for hydroxylation is 2. The second-order valence-corrected chi connectivity index (χ2v) is 6.93. The molecule has 1 fully saturated rings. The van der Waals surface area contributed by atoms with E-state index in [1.807, 2.05) is 43.0 Å². The van der Waals surface area contributed by atoms with E-state index in [1.165, 1.54) is 0 Å². The Labute approximate surface area is 159 Å². The summed E-state index contributed by atoms with van der Waals surface area (Å²) in [5.41, 5.74) is 2.13. The minimum Gasteiger partial charge on any atom is -0.340 e. The van der Waals surface area contributed by atoms with Crippen molar-refractivity contribution < 1.29 is 14.1 Å². The summed E-state index contributed by atoms with van der Waals surface area (Å²) >= 11 is 0. The fourth-order valence-electron chi connectivity index (χ4n) is 3.46. The number of rotatable bonds is 4. The lowest BCUT2D eigenvalue weighted by Crippen LogP contribution is -2.40. The van der Waals surface area contributed by atoms with Crippen molar-refractivity contribution in [2.75, 3.05) is 19.6 Å². The molecule has 7 nitrogen and oxygen atoms in total. The highest BCUT2D eigenvalue weighted by atomic mass is 16.5. The van der Waals surface area contributed by atoms with Crippen LogP contribution in [0.15, 0.2) is 28.8 Å². The van der Waals surface area contributed by atoms with E-state index < -0.39 is 6.04 Å². The predicted molar refractivity (Wildman–Crippen MR) is 99.9 cm³/mol. The number of hydrogen-bond donors (Lipinski definition) is 0. The summed E-state index contributed by atoms with van der Waals surface area (Å²) in [4.78, 5) is 33.3. The molecule has 2 heterocycles. The van der Waals surface area contributed by atoms with Crippen molar-refractivity contribution in [3.05, 3.63) is 47.1 Å². The molecule has 0 aliphatic carbocycles. The van der Waals surface area contributed by atoms with E-state index in [2.05, 4.69) is 10.1 Å². The summed E-state index contributed by atoms with van der Waals surface area (Å²) in [5.74, 6) is 1.00. The van der Waals surface area contributed by atoms with E-state index in [0.29, 0.717) is 44.2 Å². The number of amides is 2. The quantitative estimate of drug-likeness (QED) is 0.826. The number of benzene rings is 1. The Kier molecular flexibility index (Phi) is 5.88. The molecule has 1 aromatic heterocycles. The topological polar surface area (TPSA) is 79.5 Å². The first-order chi connectivity index (χ1) is 13.0. The van der Waals surface area contributed by atoms with Crippen molar-refractivity contribution in [2.45, 2.75) is 46.1 Å². The molecule has 7 heteroatoms. The SMILES string of the molecule is CCC(=O)N1CCCN(C(=O)Cc2ccccc2C)CC1c1nc(C)no1. The van der Waals surface area contributed by atoms with Gasteiger partial charge in [0.1, 0.15) is 6.04 Å². The van der Waals surface area contributed by atoms with Gasteiger partial charge in [0.05, 0.1) is 13.0 Å². The molecule has 0 radical (unpaired) electrons. The van der Waals surface area contributed by atoms with Crippen molar-refractivity contribution >= 4 is 11.8 Å². The lowest BCUT2D eigenvalue weighted by molar-refractivity contribution is -0.136. The number of aromatic nitrogens is 2. The third-order valence-corrected chi connectivity index (χ3v) is 5.00. The van der Waals surface area contributed by atoms with Crippen LogP contribution in [0.2, 0.25) is 0 Å². The molecule has 0 bridgehead atoms. The van der Waals surface area contributed by atoms with E-state index in [9.17, 15) is 9.59 Å². The van der Waals surface area contributed by atoms with Gasteiger partial charge in [-0.05, 0) is 31.4 Å². The number of carbonyl (C=O) groups is 2. The van der Waals surface area contributed by atoms with Gasteiger partial charge in [0.25, 0.3) is 5.89 Å². The maximum Gasteiger partial charge on any atom is 0.251 e. The van der Waals surface area contributed by atoms with E-state index in [1.54, 1.807) is 11.8 Å². The Bertz CT molecular complexity index is 817. The first-order valence-electron chi connectivity index (χ1n) is 9.41. The summed E-state index contributed by atoms with van der Waals surface area (Å²) in [6.07, 6.45) is 1.49. The van der Waals surface area contributed by atoms with Gasteiger partial charge in [0.2, 0.25) is 11.8 Å². The first-order valence-corrected chi connectivity index (χ1v) is 9.41. The fraction of sp³-hybridized carbons (Fsp3) is 0.500. The molecule has 0 saturated carbocycles. The van der Waals surface area contributed by atoms with Gasteiger partial charge < -0.3 is 14.3 Å². The molecule has 144 valence electrons. The highest BCUT2D eigenvalue weighted by Crippen LogP contribution is 2.25. The summed E-state index contributed by atoms with van der Waals surface area (Å²) in [7, 11) is 0. The van der Waals surface area contributed by atoms with Crippen LogP contribution in [0.4, 0.5) is 0 Å². The molecular weight excluding hydrogens is 344 g/mol. The van der Waals surface area contributed by atoms with E-state index >= 15 is 0 Å². The van der Waals surface area contributed by atoms with Gasteiger partial charge in [-0.3, -0.25) is 9.59 Å². The van der Waals surface area contributed by atoms with Crippen LogP contribution in [0.5, 0.6) is 0 Å². The van der Waals surface area contributed by atoms with Gasteiger partial charge >= 0.3 is 0 Å². The first kappa shape index (κ1) is 19.1. The van der Waals surface area contributed by atoms with Gasteiger partial charge in [-0.2, -0.15) is 4.98 Å². The molecule has 1 aliphatic rings. The zero-order chi connectivity index (χ0) is 19.4. The highest BCUT2D eigenvalue weighted by Gasteiger charge is 2.34. The van der Waals surface area contributed by atoms with Crippen LogP contribution < -0.4 is 0 Å². The molecule has 1 unspecified atom stereocenters. The Hall–Kier alpha value is -2.70. The Morgan fingerprint density at radius 2 is 1.96 bits per heavy atom. The molecular formula is C20H26N4O3. The largest absolute Gasteiger partial charge is 0.340 e. The summed E-state index contributed by atoms with van der Waals surface area (Å²) in [6.45, 7) is 7.16. The molecule has 2 aromatic rings. The lowest BCUT2D eigenvalue weighted by Gasteiger charge is -2.29. The third kappa shape index (κ3) is 4.35. The van der Waals surface area contributed by atoms with Crippen LogP contribution in [0, 0.1) is 13.8 Å². The molecule has 1 saturated heterocycles. The molecule has 1 aliphatic heterocycles. The van der Waals surface area contributed by atoms with E-state index in [0.717, 1.165) is 17.5 Å². The second kappa shape index (κ2) is 8.33. The molecule has 2 amide bonds. The van der Waals surface area contributed by atoms with Crippen LogP contribution in [-0.2, 0) is 16.0 Å². The molecule has 1 aromatic carbocycles. The second-order valence-electron chi connectivity index (χ2n) is 6.93. The van der Waals surface area contributed by atoms with Crippen molar-refractivity contribution in [3.63, 3.8) is 0 Å². The van der Waals surface area contributed by atoms with Gasteiger partial charge in [-0.1, -0.05) is 36.3 Å². The maximum absolute atomic E-state index is 13.0. The van der Waals surface area contributed by atoms with Gasteiger partial charge in [-0.15, -0.1) is 0 Å². The smallest absolute Gasteiger partial charge is 0.251 e. The normalized spacial score (nSPS) is 17.7. The van der Waals surface area contributed by atoms with Gasteiger partial charge in [0.15, 0.2) is 5.82 Å². The Morgan fingerprint density at radius 3 is 2.63 bits per heavy atom. The van der Waals surface area contributed by atoms with Crippen LogP contribution >= 0.6 is 0 Å². The number of nitrogens with zero attached hydrogens (tertiary/aromatic N) is 4. The van der Waals surface area contributed by atoms with Crippen LogP contribution in [-0.4, -0.2) is 51.4 Å². The van der Waals surface area contributed by atoms with Gasteiger partial charge in [-0.25, -0.2) is 0 Å². The van der Waals surface area contributed by atoms with Crippen LogP contribution in [0.3, 0.4) is 0 Å². The molecule has 0 N–H and O–H groups in total. The number of hydrogen-bond acceptors (Lipinski definition) is 5. The molecule has 1 atom stereocenters. The minimum atomic E-state index is -0.401. The third-order valence-electron chi connectivity index (χ3n) is 5.00. The van der Waals surface area contributed by atoms with Crippen molar-refractivity contribution in [1.82, 2.24) is 19.9 Å². The predicted octanol–water partition coefficient (Wildman–Crippen LogP) is 2.44. The lowest BCUT2D eigenvalue weighted by atomic mass is 10.1. The molecule has 27 heavy (non-hydrogen) atoms. The standard InChI is InChI=1S/C20H26N4O3/c1-4-18(25)24-11-7-10-23(13-17(24)20-21-15(3)22-27-20)19(26)12-16-9-6-5-8-14(16)2/h5-6,8-9,17H,4,7,10-13H2,1-3H3. The average molecular weight is 370 g/mol. The monoisotopic (exact) mass is 370 g/mol. The summed E-state index contributed by atoms with van der Waals surface area (Å²) in [5, 5.41) is 3.86. The number of carbonyl (C=O) groups excluding carboxylic acids is 2. The van der Waals surface area contributed by atoms with E-state index in [4.69, 9.17) is 4.52 Å². The zero-order valence-electron chi connectivity index (χ0n) is 16.1. The van der Waals surface area contributed by atoms with Crippen molar-refractivity contribution in [1.29, 1.82) is 0 Å².